The molecule has 0 spiro atoms. The van der Waals surface area contributed by atoms with Gasteiger partial charge in [0.1, 0.15) is 0 Å². The zero-order valence-electron chi connectivity index (χ0n) is 10.4. The first kappa shape index (κ1) is 12.5. The van der Waals surface area contributed by atoms with Gasteiger partial charge in [-0.05, 0) is 50.9 Å². The van der Waals surface area contributed by atoms with E-state index in [2.05, 4.69) is 19.2 Å². The van der Waals surface area contributed by atoms with Crippen LogP contribution >= 0.6 is 0 Å². The highest BCUT2D eigenvalue weighted by Gasteiger charge is 2.25. The van der Waals surface area contributed by atoms with Gasteiger partial charge in [-0.1, -0.05) is 13.8 Å². The van der Waals surface area contributed by atoms with E-state index in [4.69, 9.17) is 0 Å². The highest BCUT2D eigenvalue weighted by molar-refractivity contribution is 5.78. The molecule has 1 aliphatic carbocycles. The minimum absolute atomic E-state index is 0.278. The van der Waals surface area contributed by atoms with Crippen molar-refractivity contribution in [1.29, 1.82) is 0 Å². The number of amides is 1. The Morgan fingerprint density at radius 1 is 1.27 bits per heavy atom. The van der Waals surface area contributed by atoms with E-state index in [-0.39, 0.29) is 5.91 Å². The lowest BCUT2D eigenvalue weighted by atomic mass is 9.78. The van der Waals surface area contributed by atoms with E-state index in [0.717, 1.165) is 31.2 Å². The molecule has 2 nitrogen and oxygen atoms in total. The summed E-state index contributed by atoms with van der Waals surface area (Å²) in [6.45, 7) is 7.33. The molecule has 15 heavy (non-hydrogen) atoms. The van der Waals surface area contributed by atoms with Crippen molar-refractivity contribution in [1.82, 2.24) is 5.32 Å². The molecule has 0 bridgehead atoms. The number of nitrogens with one attached hydrogen (secondary N) is 1. The Balaban J connectivity index is 2.26. The molecule has 1 rings (SSSR count). The Kier molecular flexibility index (Phi) is 5.13. The van der Waals surface area contributed by atoms with Crippen LogP contribution in [0.4, 0.5) is 0 Å². The van der Waals surface area contributed by atoms with Crippen LogP contribution in [0.5, 0.6) is 0 Å². The lowest BCUT2D eigenvalue weighted by Gasteiger charge is -2.28. The molecule has 2 heteroatoms. The average Bonchev–Trinajstić information content (AvgIpc) is 2.18. The van der Waals surface area contributed by atoms with E-state index in [1.807, 2.05) is 6.92 Å². The maximum atomic E-state index is 11.6. The van der Waals surface area contributed by atoms with Gasteiger partial charge >= 0.3 is 0 Å². The highest BCUT2D eigenvalue weighted by Crippen LogP contribution is 2.32. The fraction of sp³-hybridized carbons (Fsp3) is 0.923. The largest absolute Gasteiger partial charge is 0.356 e. The predicted octanol–water partition coefficient (Wildman–Crippen LogP) is 2.98. The van der Waals surface area contributed by atoms with Crippen LogP contribution in [0.3, 0.4) is 0 Å². The SMILES string of the molecule is CCNC(=O)C1CCC(CC(C)C)CC1. The van der Waals surface area contributed by atoms with Crippen LogP contribution in [0.25, 0.3) is 0 Å². The second-order valence-electron chi connectivity index (χ2n) is 5.24. The predicted molar refractivity (Wildman–Crippen MR) is 63.6 cm³/mol. The third-order valence-corrected chi connectivity index (χ3v) is 3.37. The fourth-order valence-corrected chi connectivity index (χ4v) is 2.65. The Bertz CT molecular complexity index is 193. The lowest BCUT2D eigenvalue weighted by Crippen LogP contribution is -2.33. The number of rotatable bonds is 4. The van der Waals surface area contributed by atoms with Crippen LogP contribution in [0.15, 0.2) is 0 Å². The van der Waals surface area contributed by atoms with Crippen molar-refractivity contribution in [3.63, 3.8) is 0 Å². The normalized spacial score (nSPS) is 26.7. The van der Waals surface area contributed by atoms with Gasteiger partial charge in [0.15, 0.2) is 0 Å². The summed E-state index contributed by atoms with van der Waals surface area (Å²) in [4.78, 5) is 11.6. The van der Waals surface area contributed by atoms with Crippen molar-refractivity contribution in [2.45, 2.75) is 52.9 Å². The molecule has 1 aliphatic rings. The summed E-state index contributed by atoms with van der Waals surface area (Å²) < 4.78 is 0. The van der Waals surface area contributed by atoms with Crippen LogP contribution in [0.2, 0.25) is 0 Å². The molecule has 1 saturated carbocycles. The first-order valence-corrected chi connectivity index (χ1v) is 6.41. The van der Waals surface area contributed by atoms with Crippen LogP contribution < -0.4 is 5.32 Å². The van der Waals surface area contributed by atoms with Crippen LogP contribution in [-0.2, 0) is 4.79 Å². The zero-order valence-corrected chi connectivity index (χ0v) is 10.4. The summed E-state index contributed by atoms with van der Waals surface area (Å²) in [5.74, 6) is 2.25. The molecule has 0 aromatic heterocycles. The standard InChI is InChI=1S/C13H25NO/c1-4-14-13(15)12-7-5-11(6-8-12)9-10(2)3/h10-12H,4-9H2,1-3H3,(H,14,15). The summed E-state index contributed by atoms with van der Waals surface area (Å²) in [6, 6.07) is 0. The van der Waals surface area contributed by atoms with Gasteiger partial charge in [-0.2, -0.15) is 0 Å². The van der Waals surface area contributed by atoms with Gasteiger partial charge in [-0.15, -0.1) is 0 Å². The van der Waals surface area contributed by atoms with Gasteiger partial charge in [0, 0.05) is 12.5 Å². The van der Waals surface area contributed by atoms with Crippen molar-refractivity contribution in [2.75, 3.05) is 6.54 Å². The Morgan fingerprint density at radius 3 is 2.33 bits per heavy atom. The maximum Gasteiger partial charge on any atom is 0.223 e. The van der Waals surface area contributed by atoms with Crippen LogP contribution in [-0.4, -0.2) is 12.5 Å². The Labute approximate surface area is 93.8 Å². The Morgan fingerprint density at radius 2 is 1.87 bits per heavy atom. The van der Waals surface area contributed by atoms with Gasteiger partial charge < -0.3 is 5.32 Å². The molecule has 0 aliphatic heterocycles. The molecule has 0 heterocycles. The van der Waals surface area contributed by atoms with E-state index in [1.165, 1.54) is 19.3 Å². The molecular formula is C13H25NO. The maximum absolute atomic E-state index is 11.6. The number of carbonyl (C=O) groups is 1. The Hall–Kier alpha value is -0.530. The van der Waals surface area contributed by atoms with Crippen LogP contribution in [0, 0.1) is 17.8 Å². The van der Waals surface area contributed by atoms with E-state index in [1.54, 1.807) is 0 Å². The average molecular weight is 211 g/mol. The molecule has 0 unspecified atom stereocenters. The smallest absolute Gasteiger partial charge is 0.223 e. The monoisotopic (exact) mass is 211 g/mol. The zero-order chi connectivity index (χ0) is 11.3. The van der Waals surface area contributed by atoms with Crippen LogP contribution in [0.1, 0.15) is 52.9 Å². The van der Waals surface area contributed by atoms with E-state index >= 15 is 0 Å². The molecule has 1 amide bonds. The summed E-state index contributed by atoms with van der Waals surface area (Å²) >= 11 is 0. The van der Waals surface area contributed by atoms with E-state index in [0.29, 0.717) is 5.92 Å². The first-order chi connectivity index (χ1) is 7.13. The molecule has 0 radical (unpaired) electrons. The van der Waals surface area contributed by atoms with Crippen molar-refractivity contribution in [3.05, 3.63) is 0 Å². The quantitative estimate of drug-likeness (QED) is 0.761. The molecule has 1 N–H and O–H groups in total. The van der Waals surface area contributed by atoms with E-state index in [9.17, 15) is 4.79 Å². The summed E-state index contributed by atoms with van der Waals surface area (Å²) in [5.41, 5.74) is 0. The van der Waals surface area contributed by atoms with E-state index < -0.39 is 0 Å². The first-order valence-electron chi connectivity index (χ1n) is 6.41. The molecule has 0 saturated heterocycles. The van der Waals surface area contributed by atoms with Crippen molar-refractivity contribution in [2.24, 2.45) is 17.8 Å². The van der Waals surface area contributed by atoms with Gasteiger partial charge in [0.05, 0.1) is 0 Å². The van der Waals surface area contributed by atoms with Crippen molar-refractivity contribution in [3.8, 4) is 0 Å². The molecule has 0 aromatic rings. The molecular weight excluding hydrogens is 186 g/mol. The number of hydrogen-bond acceptors (Lipinski definition) is 1. The summed E-state index contributed by atoms with van der Waals surface area (Å²) in [5, 5.41) is 2.93. The van der Waals surface area contributed by atoms with Gasteiger partial charge in [0.25, 0.3) is 0 Å². The lowest BCUT2D eigenvalue weighted by molar-refractivity contribution is -0.126. The number of carbonyl (C=O) groups excluding carboxylic acids is 1. The van der Waals surface area contributed by atoms with Gasteiger partial charge in [-0.25, -0.2) is 0 Å². The molecule has 0 atom stereocenters. The summed E-state index contributed by atoms with van der Waals surface area (Å²) in [7, 11) is 0. The number of hydrogen-bond donors (Lipinski definition) is 1. The molecule has 0 aromatic carbocycles. The topological polar surface area (TPSA) is 29.1 Å². The highest BCUT2D eigenvalue weighted by atomic mass is 16.1. The fourth-order valence-electron chi connectivity index (χ4n) is 2.65. The summed E-state index contributed by atoms with van der Waals surface area (Å²) in [6.07, 6.45) is 6.04. The molecule has 1 fully saturated rings. The minimum atomic E-state index is 0.278. The van der Waals surface area contributed by atoms with Crippen molar-refractivity contribution >= 4 is 5.91 Å². The van der Waals surface area contributed by atoms with Gasteiger partial charge in [-0.3, -0.25) is 4.79 Å². The molecule has 88 valence electrons. The third-order valence-electron chi connectivity index (χ3n) is 3.37. The second kappa shape index (κ2) is 6.14. The van der Waals surface area contributed by atoms with Crippen molar-refractivity contribution < 1.29 is 4.79 Å². The second-order valence-corrected chi connectivity index (χ2v) is 5.24. The van der Waals surface area contributed by atoms with Gasteiger partial charge in [0.2, 0.25) is 5.91 Å². The third kappa shape index (κ3) is 4.23. The minimum Gasteiger partial charge on any atom is -0.356 e.